The highest BCUT2D eigenvalue weighted by molar-refractivity contribution is 5.95. The Morgan fingerprint density at radius 3 is 2.48 bits per heavy atom. The van der Waals surface area contributed by atoms with E-state index in [0.29, 0.717) is 24.1 Å². The summed E-state index contributed by atoms with van der Waals surface area (Å²) in [5.74, 6) is -3.54. The van der Waals surface area contributed by atoms with Crippen molar-refractivity contribution < 1.29 is 22.8 Å². The smallest absolute Gasteiger partial charge is 0.251 e. The number of amides is 1. The molecule has 0 radical (unpaired) electrons. The average molecular weight is 347 g/mol. The Bertz CT molecular complexity index is 841. The van der Waals surface area contributed by atoms with Gasteiger partial charge in [0.1, 0.15) is 23.2 Å². The fourth-order valence-electron chi connectivity index (χ4n) is 2.95. The summed E-state index contributed by atoms with van der Waals surface area (Å²) in [5.41, 5.74) is 1.73. The molecule has 0 fully saturated rings. The van der Waals surface area contributed by atoms with Crippen molar-refractivity contribution in [2.24, 2.45) is 5.92 Å². The maximum absolute atomic E-state index is 13.6. The highest BCUT2D eigenvalue weighted by atomic mass is 19.1. The topological polar surface area (TPSA) is 46.2 Å². The molecule has 2 aromatic carbocycles. The minimum Gasteiger partial charge on any atom is -0.348 e. The van der Waals surface area contributed by atoms with Crippen LogP contribution in [0.4, 0.5) is 13.2 Å². The number of Topliss-reactive ketones (excluding diaryl/α,β-unsaturated/α-hetero) is 1. The Kier molecular flexibility index (Phi) is 4.61. The summed E-state index contributed by atoms with van der Waals surface area (Å²) in [4.78, 5) is 24.1. The van der Waals surface area contributed by atoms with Gasteiger partial charge in [0.15, 0.2) is 0 Å². The largest absolute Gasteiger partial charge is 0.348 e. The standard InChI is InChI=1S/C19H16F3NO2/c1-10-4-11-2-3-12(5-13(11)6-18(10)24)19(25)23-9-15-16(21)7-14(20)8-17(15)22/h2-3,5,7-8,10H,4,6,9H2,1H3,(H,23,25). The van der Waals surface area contributed by atoms with E-state index in [9.17, 15) is 22.8 Å². The predicted octanol–water partition coefficient (Wildman–Crippen LogP) is 3.34. The summed E-state index contributed by atoms with van der Waals surface area (Å²) in [6, 6.07) is 6.18. The molecule has 1 aliphatic carbocycles. The molecular formula is C19H16F3NO2. The van der Waals surface area contributed by atoms with Gasteiger partial charge in [0, 0.05) is 42.1 Å². The lowest BCUT2D eigenvalue weighted by atomic mass is 9.83. The van der Waals surface area contributed by atoms with E-state index in [1.807, 2.05) is 6.92 Å². The van der Waals surface area contributed by atoms with Crippen LogP contribution in [0.15, 0.2) is 30.3 Å². The molecule has 1 amide bonds. The SMILES string of the molecule is CC1Cc2ccc(C(=O)NCc3c(F)cc(F)cc3F)cc2CC1=O. The van der Waals surface area contributed by atoms with Crippen LogP contribution in [-0.4, -0.2) is 11.7 Å². The van der Waals surface area contributed by atoms with Crippen LogP contribution >= 0.6 is 0 Å². The molecule has 1 atom stereocenters. The molecule has 0 bridgehead atoms. The van der Waals surface area contributed by atoms with Crippen molar-refractivity contribution in [1.82, 2.24) is 5.32 Å². The first-order valence-corrected chi connectivity index (χ1v) is 7.91. The fourth-order valence-corrected chi connectivity index (χ4v) is 2.95. The van der Waals surface area contributed by atoms with Crippen LogP contribution in [-0.2, 0) is 24.2 Å². The number of halogens is 3. The van der Waals surface area contributed by atoms with E-state index in [2.05, 4.69) is 5.32 Å². The van der Waals surface area contributed by atoms with E-state index in [-0.39, 0.29) is 18.1 Å². The number of benzene rings is 2. The minimum absolute atomic E-state index is 0.0309. The van der Waals surface area contributed by atoms with Crippen molar-refractivity contribution in [3.05, 3.63) is 70.0 Å². The van der Waals surface area contributed by atoms with E-state index in [0.717, 1.165) is 11.1 Å². The first kappa shape index (κ1) is 17.2. The van der Waals surface area contributed by atoms with Crippen molar-refractivity contribution in [1.29, 1.82) is 0 Å². The second-order valence-corrected chi connectivity index (χ2v) is 6.26. The number of ketones is 1. The number of carbonyl (C=O) groups is 2. The Balaban J connectivity index is 1.75. The molecule has 1 N–H and O–H groups in total. The predicted molar refractivity (Wildman–Crippen MR) is 85.5 cm³/mol. The molecule has 2 aromatic rings. The summed E-state index contributed by atoms with van der Waals surface area (Å²) in [6.07, 6.45) is 0.918. The number of carbonyl (C=O) groups excluding carboxylic acids is 2. The molecule has 1 unspecified atom stereocenters. The summed E-state index contributed by atoms with van der Waals surface area (Å²) in [6.45, 7) is 1.47. The summed E-state index contributed by atoms with van der Waals surface area (Å²) < 4.78 is 40.1. The Hall–Kier alpha value is -2.63. The van der Waals surface area contributed by atoms with Gasteiger partial charge < -0.3 is 5.32 Å². The third-order valence-corrected chi connectivity index (χ3v) is 4.44. The van der Waals surface area contributed by atoms with E-state index in [1.165, 1.54) is 0 Å². The van der Waals surface area contributed by atoms with Crippen molar-refractivity contribution in [3.63, 3.8) is 0 Å². The van der Waals surface area contributed by atoms with Crippen LogP contribution in [0.25, 0.3) is 0 Å². The third-order valence-electron chi connectivity index (χ3n) is 4.44. The minimum atomic E-state index is -1.05. The van der Waals surface area contributed by atoms with Crippen LogP contribution < -0.4 is 5.32 Å². The molecule has 0 saturated heterocycles. The van der Waals surface area contributed by atoms with Gasteiger partial charge in [-0.05, 0) is 29.7 Å². The molecule has 6 heteroatoms. The van der Waals surface area contributed by atoms with Gasteiger partial charge in [-0.15, -0.1) is 0 Å². The normalized spacial score (nSPS) is 16.5. The molecule has 130 valence electrons. The Morgan fingerprint density at radius 1 is 1.12 bits per heavy atom. The van der Waals surface area contributed by atoms with Crippen LogP contribution in [0.2, 0.25) is 0 Å². The van der Waals surface area contributed by atoms with E-state index in [1.54, 1.807) is 18.2 Å². The molecule has 0 aliphatic heterocycles. The number of hydrogen-bond donors (Lipinski definition) is 1. The molecule has 25 heavy (non-hydrogen) atoms. The Morgan fingerprint density at radius 2 is 1.80 bits per heavy atom. The first-order valence-electron chi connectivity index (χ1n) is 7.91. The van der Waals surface area contributed by atoms with Crippen molar-refractivity contribution in [3.8, 4) is 0 Å². The van der Waals surface area contributed by atoms with Gasteiger partial charge in [-0.3, -0.25) is 9.59 Å². The quantitative estimate of drug-likeness (QED) is 0.926. The molecule has 3 rings (SSSR count). The number of rotatable bonds is 3. The maximum Gasteiger partial charge on any atom is 0.251 e. The van der Waals surface area contributed by atoms with E-state index in [4.69, 9.17) is 0 Å². The number of fused-ring (bicyclic) bond motifs is 1. The summed E-state index contributed by atoms with van der Waals surface area (Å²) >= 11 is 0. The molecule has 0 heterocycles. The zero-order valence-corrected chi connectivity index (χ0v) is 13.5. The van der Waals surface area contributed by atoms with Gasteiger partial charge in [-0.2, -0.15) is 0 Å². The number of nitrogens with one attached hydrogen (secondary N) is 1. The number of hydrogen-bond acceptors (Lipinski definition) is 2. The van der Waals surface area contributed by atoms with E-state index < -0.39 is 35.5 Å². The van der Waals surface area contributed by atoms with Crippen LogP contribution in [0, 0.1) is 23.4 Å². The lowest BCUT2D eigenvalue weighted by Crippen LogP contribution is -2.26. The van der Waals surface area contributed by atoms with Gasteiger partial charge in [0.2, 0.25) is 0 Å². The zero-order chi connectivity index (χ0) is 18.1. The zero-order valence-electron chi connectivity index (χ0n) is 13.5. The van der Waals surface area contributed by atoms with Gasteiger partial charge >= 0.3 is 0 Å². The molecule has 1 aliphatic rings. The molecular weight excluding hydrogens is 331 g/mol. The van der Waals surface area contributed by atoms with Crippen LogP contribution in [0.1, 0.15) is 34.0 Å². The van der Waals surface area contributed by atoms with Gasteiger partial charge in [0.25, 0.3) is 5.91 Å². The fraction of sp³-hybridized carbons (Fsp3) is 0.263. The Labute approximate surface area is 142 Å². The molecule has 0 aromatic heterocycles. The van der Waals surface area contributed by atoms with E-state index >= 15 is 0 Å². The second-order valence-electron chi connectivity index (χ2n) is 6.26. The van der Waals surface area contributed by atoms with Gasteiger partial charge in [-0.25, -0.2) is 13.2 Å². The summed E-state index contributed by atoms with van der Waals surface area (Å²) in [7, 11) is 0. The monoisotopic (exact) mass is 347 g/mol. The average Bonchev–Trinajstić information content (AvgIpc) is 2.54. The third kappa shape index (κ3) is 3.57. The lowest BCUT2D eigenvalue weighted by Gasteiger charge is -2.21. The molecule has 0 saturated carbocycles. The lowest BCUT2D eigenvalue weighted by molar-refractivity contribution is -0.122. The van der Waals surface area contributed by atoms with Gasteiger partial charge in [0.05, 0.1) is 0 Å². The van der Waals surface area contributed by atoms with Crippen molar-refractivity contribution >= 4 is 11.7 Å². The van der Waals surface area contributed by atoms with Crippen molar-refractivity contribution in [2.75, 3.05) is 0 Å². The summed E-state index contributed by atoms with van der Waals surface area (Å²) in [5, 5.41) is 2.42. The second kappa shape index (κ2) is 6.70. The molecule has 3 nitrogen and oxygen atoms in total. The highest BCUT2D eigenvalue weighted by Crippen LogP contribution is 2.24. The first-order chi connectivity index (χ1) is 11.8. The highest BCUT2D eigenvalue weighted by Gasteiger charge is 2.23. The maximum atomic E-state index is 13.6. The van der Waals surface area contributed by atoms with Crippen LogP contribution in [0.3, 0.4) is 0 Å². The van der Waals surface area contributed by atoms with Crippen molar-refractivity contribution in [2.45, 2.75) is 26.3 Å². The van der Waals surface area contributed by atoms with Crippen LogP contribution in [0.5, 0.6) is 0 Å². The van der Waals surface area contributed by atoms with Gasteiger partial charge in [-0.1, -0.05) is 13.0 Å². The molecule has 0 spiro atoms.